The van der Waals surface area contributed by atoms with Crippen LogP contribution in [0.15, 0.2) is 54.6 Å². The van der Waals surface area contributed by atoms with Crippen molar-refractivity contribution in [1.29, 1.82) is 0 Å². The van der Waals surface area contributed by atoms with Crippen LogP contribution in [0.2, 0.25) is 0 Å². The monoisotopic (exact) mass is 325 g/mol. The van der Waals surface area contributed by atoms with Crippen LogP contribution < -0.4 is 0 Å². The van der Waals surface area contributed by atoms with E-state index in [4.69, 9.17) is 5.11 Å². The van der Waals surface area contributed by atoms with Crippen molar-refractivity contribution in [2.24, 2.45) is 0 Å². The topological polar surface area (TPSA) is 57.6 Å². The average Bonchev–Trinajstić information content (AvgIpc) is 2.60. The van der Waals surface area contributed by atoms with Gasteiger partial charge in [0, 0.05) is 20.0 Å². The molecule has 0 saturated carbocycles. The Morgan fingerprint density at radius 3 is 2.25 bits per heavy atom. The number of aromatic carboxylic acids is 1. The van der Waals surface area contributed by atoms with Crippen LogP contribution in [0.25, 0.3) is 0 Å². The molecule has 1 atom stereocenters. The predicted octanol–water partition coefficient (Wildman–Crippen LogP) is 3.58. The number of rotatable bonds is 7. The molecular formula is C20H23NO3. The molecule has 2 rings (SSSR count). The van der Waals surface area contributed by atoms with Crippen molar-refractivity contribution in [3.8, 4) is 0 Å². The molecule has 0 saturated heterocycles. The van der Waals surface area contributed by atoms with E-state index in [0.29, 0.717) is 19.4 Å². The molecule has 1 amide bonds. The lowest BCUT2D eigenvalue weighted by Crippen LogP contribution is -2.30. The van der Waals surface area contributed by atoms with Gasteiger partial charge in [-0.25, -0.2) is 4.79 Å². The third kappa shape index (κ3) is 4.95. The fourth-order valence-electron chi connectivity index (χ4n) is 2.66. The molecule has 0 aliphatic rings. The summed E-state index contributed by atoms with van der Waals surface area (Å²) in [5.74, 6) is -0.553. The van der Waals surface area contributed by atoms with E-state index in [-0.39, 0.29) is 17.4 Å². The minimum atomic E-state index is -0.938. The highest BCUT2D eigenvalue weighted by Gasteiger charge is 2.14. The van der Waals surface area contributed by atoms with Crippen LogP contribution in [0.1, 0.15) is 40.7 Å². The van der Waals surface area contributed by atoms with Gasteiger partial charge in [-0.2, -0.15) is 0 Å². The van der Waals surface area contributed by atoms with Gasteiger partial charge in [-0.15, -0.1) is 0 Å². The third-order valence-corrected chi connectivity index (χ3v) is 4.17. The fraction of sp³-hybridized carbons (Fsp3) is 0.300. The Bertz CT molecular complexity index is 680. The molecule has 2 aromatic carbocycles. The lowest BCUT2D eigenvalue weighted by Gasteiger charge is -2.22. The Labute approximate surface area is 142 Å². The van der Waals surface area contributed by atoms with Crippen molar-refractivity contribution in [2.45, 2.75) is 25.7 Å². The maximum atomic E-state index is 12.3. The third-order valence-electron chi connectivity index (χ3n) is 4.17. The molecule has 126 valence electrons. The molecule has 1 unspecified atom stereocenters. The molecule has 4 heteroatoms. The molecule has 0 heterocycles. The molecule has 0 aliphatic heterocycles. The highest BCUT2D eigenvalue weighted by molar-refractivity contribution is 5.87. The first-order valence-corrected chi connectivity index (χ1v) is 8.08. The normalized spacial score (nSPS) is 11.8. The quantitative estimate of drug-likeness (QED) is 0.846. The maximum Gasteiger partial charge on any atom is 0.335 e. The number of carbonyl (C=O) groups excluding carboxylic acids is 1. The minimum absolute atomic E-state index is 0.0973. The standard InChI is InChI=1S/C20H23NO3/c1-15(17-6-4-3-5-7-17)14-21(2)19(22)13-10-16-8-11-18(12-9-16)20(23)24/h3-9,11-12,15H,10,13-14H2,1-2H3,(H,23,24). The fourth-order valence-corrected chi connectivity index (χ4v) is 2.66. The van der Waals surface area contributed by atoms with Crippen molar-refractivity contribution in [2.75, 3.05) is 13.6 Å². The van der Waals surface area contributed by atoms with Crippen LogP contribution >= 0.6 is 0 Å². The number of likely N-dealkylation sites (N-methyl/N-ethyl adjacent to an activating group) is 1. The van der Waals surface area contributed by atoms with Gasteiger partial charge in [-0.05, 0) is 35.6 Å². The van der Waals surface area contributed by atoms with E-state index in [1.807, 2.05) is 25.2 Å². The van der Waals surface area contributed by atoms with Crippen LogP contribution in [0, 0.1) is 0 Å². The van der Waals surface area contributed by atoms with Gasteiger partial charge in [0.25, 0.3) is 0 Å². The van der Waals surface area contributed by atoms with Gasteiger partial charge in [0.1, 0.15) is 0 Å². The number of hydrogen-bond acceptors (Lipinski definition) is 2. The summed E-state index contributed by atoms with van der Waals surface area (Å²) < 4.78 is 0. The molecule has 0 aromatic heterocycles. The maximum absolute atomic E-state index is 12.3. The summed E-state index contributed by atoms with van der Waals surface area (Å²) in [6, 6.07) is 16.8. The Morgan fingerprint density at radius 2 is 1.67 bits per heavy atom. The van der Waals surface area contributed by atoms with Gasteiger partial charge in [-0.1, -0.05) is 49.4 Å². The lowest BCUT2D eigenvalue weighted by atomic mass is 10.0. The van der Waals surface area contributed by atoms with E-state index in [1.54, 1.807) is 29.2 Å². The van der Waals surface area contributed by atoms with Crippen LogP contribution in [-0.2, 0) is 11.2 Å². The molecule has 2 aromatic rings. The van der Waals surface area contributed by atoms with Gasteiger partial charge in [0.2, 0.25) is 5.91 Å². The summed E-state index contributed by atoms with van der Waals surface area (Å²) in [5, 5.41) is 8.88. The molecule has 0 fully saturated rings. The Morgan fingerprint density at radius 1 is 1.04 bits per heavy atom. The average molecular weight is 325 g/mol. The van der Waals surface area contributed by atoms with Gasteiger partial charge in [0.15, 0.2) is 0 Å². The van der Waals surface area contributed by atoms with E-state index < -0.39 is 5.97 Å². The number of amides is 1. The number of carboxylic acid groups (broad SMARTS) is 1. The Balaban J connectivity index is 1.84. The van der Waals surface area contributed by atoms with Crippen molar-refractivity contribution in [3.05, 3.63) is 71.3 Å². The smallest absolute Gasteiger partial charge is 0.335 e. The molecule has 0 spiro atoms. The van der Waals surface area contributed by atoms with Gasteiger partial charge in [-0.3, -0.25) is 4.79 Å². The lowest BCUT2D eigenvalue weighted by molar-refractivity contribution is -0.130. The van der Waals surface area contributed by atoms with Crippen molar-refractivity contribution in [3.63, 3.8) is 0 Å². The zero-order chi connectivity index (χ0) is 17.5. The first kappa shape index (κ1) is 17.7. The summed E-state index contributed by atoms with van der Waals surface area (Å²) in [6.45, 7) is 2.80. The zero-order valence-corrected chi connectivity index (χ0v) is 14.1. The summed E-state index contributed by atoms with van der Waals surface area (Å²) in [4.78, 5) is 24.9. The van der Waals surface area contributed by atoms with E-state index >= 15 is 0 Å². The zero-order valence-electron chi connectivity index (χ0n) is 14.1. The first-order valence-electron chi connectivity index (χ1n) is 8.08. The number of hydrogen-bond donors (Lipinski definition) is 1. The molecule has 0 aliphatic carbocycles. The van der Waals surface area contributed by atoms with Crippen LogP contribution in [0.5, 0.6) is 0 Å². The van der Waals surface area contributed by atoms with Crippen LogP contribution in [0.4, 0.5) is 0 Å². The number of carbonyl (C=O) groups is 2. The van der Waals surface area contributed by atoms with Crippen LogP contribution in [-0.4, -0.2) is 35.5 Å². The van der Waals surface area contributed by atoms with Crippen molar-refractivity contribution in [1.82, 2.24) is 4.90 Å². The number of nitrogens with zero attached hydrogens (tertiary/aromatic N) is 1. The Hall–Kier alpha value is -2.62. The van der Waals surface area contributed by atoms with E-state index in [0.717, 1.165) is 5.56 Å². The summed E-state index contributed by atoms with van der Waals surface area (Å²) >= 11 is 0. The van der Waals surface area contributed by atoms with E-state index in [9.17, 15) is 9.59 Å². The number of benzene rings is 2. The Kier molecular flexibility index (Phi) is 6.13. The second-order valence-electron chi connectivity index (χ2n) is 6.09. The van der Waals surface area contributed by atoms with Gasteiger partial charge < -0.3 is 10.0 Å². The van der Waals surface area contributed by atoms with E-state index in [2.05, 4.69) is 19.1 Å². The molecule has 24 heavy (non-hydrogen) atoms. The summed E-state index contributed by atoms with van der Waals surface area (Å²) in [6.07, 6.45) is 1.03. The molecule has 0 radical (unpaired) electrons. The first-order chi connectivity index (χ1) is 11.5. The second kappa shape index (κ2) is 8.29. The highest BCUT2D eigenvalue weighted by atomic mass is 16.4. The number of carboxylic acids is 1. The summed E-state index contributed by atoms with van der Waals surface area (Å²) in [7, 11) is 1.83. The predicted molar refractivity (Wildman–Crippen MR) is 94.2 cm³/mol. The summed E-state index contributed by atoms with van der Waals surface area (Å²) in [5.41, 5.74) is 2.46. The molecular weight excluding hydrogens is 302 g/mol. The number of aryl methyl sites for hydroxylation is 1. The molecule has 1 N–H and O–H groups in total. The highest BCUT2D eigenvalue weighted by Crippen LogP contribution is 2.16. The van der Waals surface area contributed by atoms with E-state index in [1.165, 1.54) is 5.56 Å². The minimum Gasteiger partial charge on any atom is -0.478 e. The van der Waals surface area contributed by atoms with Gasteiger partial charge >= 0.3 is 5.97 Å². The SMILES string of the molecule is CC(CN(C)C(=O)CCc1ccc(C(=O)O)cc1)c1ccccc1. The second-order valence-corrected chi connectivity index (χ2v) is 6.09. The largest absolute Gasteiger partial charge is 0.478 e. The van der Waals surface area contributed by atoms with Crippen molar-refractivity contribution < 1.29 is 14.7 Å². The molecule has 0 bridgehead atoms. The van der Waals surface area contributed by atoms with Gasteiger partial charge in [0.05, 0.1) is 5.56 Å². The molecule has 4 nitrogen and oxygen atoms in total. The van der Waals surface area contributed by atoms with Crippen molar-refractivity contribution >= 4 is 11.9 Å². The van der Waals surface area contributed by atoms with Crippen LogP contribution in [0.3, 0.4) is 0 Å².